The average Bonchev–Trinajstić information content (AvgIpc) is 3.19. The Morgan fingerprint density at radius 3 is 2.41 bits per heavy atom. The molecule has 1 aromatic carbocycles. The van der Waals surface area contributed by atoms with E-state index in [4.69, 9.17) is 11.6 Å². The SMILES string of the molecule is O=C(CCc1ccsc1)N1CCN(S(=O)(=O)c2ccc(Cl)c(C(F)(F)F)c2)CC1. The second-order valence-corrected chi connectivity index (χ2v) is 9.68. The highest BCUT2D eigenvalue weighted by Crippen LogP contribution is 2.36. The Hall–Kier alpha value is -1.62. The van der Waals surface area contributed by atoms with E-state index >= 15 is 0 Å². The zero-order valence-electron chi connectivity index (χ0n) is 15.2. The van der Waals surface area contributed by atoms with E-state index in [-0.39, 0.29) is 32.1 Å². The number of alkyl halides is 3. The van der Waals surface area contributed by atoms with Crippen molar-refractivity contribution in [3.63, 3.8) is 0 Å². The van der Waals surface area contributed by atoms with E-state index < -0.39 is 31.7 Å². The highest BCUT2D eigenvalue weighted by Gasteiger charge is 2.36. The lowest BCUT2D eigenvalue weighted by Gasteiger charge is -2.34. The van der Waals surface area contributed by atoms with E-state index in [1.54, 1.807) is 16.2 Å². The number of amides is 1. The number of nitrogens with zero attached hydrogens (tertiary/aromatic N) is 2. The number of rotatable bonds is 5. The number of carbonyl (C=O) groups excluding carboxylic acids is 1. The first-order valence-corrected chi connectivity index (χ1v) is 11.5. The molecule has 29 heavy (non-hydrogen) atoms. The number of benzene rings is 1. The molecular weight excluding hydrogens is 449 g/mol. The van der Waals surface area contributed by atoms with Gasteiger partial charge in [-0.05, 0) is 47.0 Å². The van der Waals surface area contributed by atoms with Gasteiger partial charge in [0.05, 0.1) is 15.5 Å². The molecule has 1 fully saturated rings. The lowest BCUT2D eigenvalue weighted by Crippen LogP contribution is -2.50. The van der Waals surface area contributed by atoms with Crippen LogP contribution in [0, 0.1) is 0 Å². The predicted octanol–water partition coefficient (Wildman–Crippen LogP) is 3.89. The van der Waals surface area contributed by atoms with Crippen molar-refractivity contribution in [2.24, 2.45) is 0 Å². The Kier molecular flexibility index (Phi) is 6.57. The van der Waals surface area contributed by atoms with Crippen LogP contribution in [0.2, 0.25) is 5.02 Å². The molecular formula is C18H18ClF3N2O3S2. The zero-order chi connectivity index (χ0) is 21.2. The third kappa shape index (κ3) is 5.11. The van der Waals surface area contributed by atoms with Gasteiger partial charge in [0, 0.05) is 32.6 Å². The number of carbonyl (C=O) groups is 1. The van der Waals surface area contributed by atoms with E-state index in [2.05, 4.69) is 0 Å². The van der Waals surface area contributed by atoms with Gasteiger partial charge in [0.15, 0.2) is 0 Å². The molecule has 0 spiro atoms. The first kappa shape index (κ1) is 22.1. The maximum Gasteiger partial charge on any atom is 0.417 e. The molecule has 1 aromatic heterocycles. The van der Waals surface area contributed by atoms with Gasteiger partial charge in [-0.3, -0.25) is 4.79 Å². The molecule has 0 bridgehead atoms. The summed E-state index contributed by atoms with van der Waals surface area (Å²) in [5, 5.41) is 3.35. The third-order valence-electron chi connectivity index (χ3n) is 4.68. The fraction of sp³-hybridized carbons (Fsp3) is 0.389. The van der Waals surface area contributed by atoms with Crippen molar-refractivity contribution < 1.29 is 26.4 Å². The normalized spacial score (nSPS) is 16.2. The number of halogens is 4. The van der Waals surface area contributed by atoms with Gasteiger partial charge in [-0.25, -0.2) is 8.42 Å². The van der Waals surface area contributed by atoms with E-state index in [0.29, 0.717) is 18.9 Å². The van der Waals surface area contributed by atoms with Crippen LogP contribution >= 0.6 is 22.9 Å². The van der Waals surface area contributed by atoms with Crippen molar-refractivity contribution >= 4 is 38.9 Å². The third-order valence-corrected chi connectivity index (χ3v) is 7.64. The van der Waals surface area contributed by atoms with Crippen molar-refractivity contribution in [1.29, 1.82) is 0 Å². The molecule has 1 aliphatic rings. The Morgan fingerprint density at radius 1 is 1.14 bits per heavy atom. The van der Waals surface area contributed by atoms with E-state index in [0.717, 1.165) is 22.0 Å². The fourth-order valence-corrected chi connectivity index (χ4v) is 5.43. The van der Waals surface area contributed by atoms with Crippen molar-refractivity contribution in [3.05, 3.63) is 51.2 Å². The summed E-state index contributed by atoms with van der Waals surface area (Å²) in [4.78, 5) is 13.5. The van der Waals surface area contributed by atoms with Crippen molar-refractivity contribution in [2.75, 3.05) is 26.2 Å². The highest BCUT2D eigenvalue weighted by atomic mass is 35.5. The summed E-state index contributed by atoms with van der Waals surface area (Å²) >= 11 is 7.12. The van der Waals surface area contributed by atoms with Crippen LogP contribution in [0.15, 0.2) is 39.9 Å². The van der Waals surface area contributed by atoms with Crippen molar-refractivity contribution in [2.45, 2.75) is 23.9 Å². The molecule has 0 N–H and O–H groups in total. The fourth-order valence-electron chi connectivity index (χ4n) is 3.05. The molecule has 1 amide bonds. The van der Waals surface area contributed by atoms with Gasteiger partial charge >= 0.3 is 6.18 Å². The van der Waals surface area contributed by atoms with Crippen molar-refractivity contribution in [3.8, 4) is 0 Å². The number of hydrogen-bond acceptors (Lipinski definition) is 4. The van der Waals surface area contributed by atoms with Crippen LogP contribution in [-0.4, -0.2) is 49.7 Å². The van der Waals surface area contributed by atoms with Gasteiger partial charge < -0.3 is 4.90 Å². The van der Waals surface area contributed by atoms with E-state index in [9.17, 15) is 26.4 Å². The first-order valence-electron chi connectivity index (χ1n) is 8.75. The van der Waals surface area contributed by atoms with Crippen LogP contribution in [-0.2, 0) is 27.4 Å². The standard InChI is InChI=1S/C18H18ClF3N2O3S2/c19-16-3-2-14(11-15(16)18(20,21)22)29(26,27)24-8-6-23(7-9-24)17(25)4-1-13-5-10-28-12-13/h2-3,5,10-12H,1,4,6-9H2. The summed E-state index contributed by atoms with van der Waals surface area (Å²) in [7, 11) is -4.12. The van der Waals surface area contributed by atoms with Crippen LogP contribution < -0.4 is 0 Å². The van der Waals surface area contributed by atoms with E-state index in [1.165, 1.54) is 0 Å². The molecule has 0 unspecified atom stereocenters. The summed E-state index contributed by atoms with van der Waals surface area (Å²) in [6.07, 6.45) is -3.81. The van der Waals surface area contributed by atoms with Crippen LogP contribution in [0.25, 0.3) is 0 Å². The molecule has 11 heteroatoms. The minimum Gasteiger partial charge on any atom is -0.340 e. The predicted molar refractivity (Wildman–Crippen MR) is 104 cm³/mol. The molecule has 0 aliphatic carbocycles. The van der Waals surface area contributed by atoms with Gasteiger partial charge in [0.1, 0.15) is 0 Å². The monoisotopic (exact) mass is 466 g/mol. The molecule has 2 aromatic rings. The molecule has 158 valence electrons. The number of sulfonamides is 1. The highest BCUT2D eigenvalue weighted by molar-refractivity contribution is 7.89. The summed E-state index contributed by atoms with van der Waals surface area (Å²) in [6, 6.07) is 4.49. The Labute approximate surface area is 175 Å². The first-order chi connectivity index (χ1) is 13.6. The van der Waals surface area contributed by atoms with Gasteiger partial charge in [-0.1, -0.05) is 11.6 Å². The quantitative estimate of drug-likeness (QED) is 0.671. The summed E-state index contributed by atoms with van der Waals surface area (Å²) in [5.41, 5.74) is -0.116. The Balaban J connectivity index is 1.64. The number of aryl methyl sites for hydroxylation is 1. The average molecular weight is 467 g/mol. The van der Waals surface area contributed by atoms with E-state index in [1.807, 2.05) is 16.8 Å². The maximum absolute atomic E-state index is 13.0. The molecule has 0 radical (unpaired) electrons. The molecule has 1 aliphatic heterocycles. The number of hydrogen-bond donors (Lipinski definition) is 0. The summed E-state index contributed by atoms with van der Waals surface area (Å²) < 4.78 is 65.7. The molecule has 2 heterocycles. The largest absolute Gasteiger partial charge is 0.417 e. The van der Waals surface area contributed by atoms with Crippen molar-refractivity contribution in [1.82, 2.24) is 9.21 Å². The molecule has 3 rings (SSSR count). The summed E-state index contributed by atoms with van der Waals surface area (Å²) in [5.74, 6) is -0.0703. The van der Waals surface area contributed by atoms with Gasteiger partial charge in [0.25, 0.3) is 0 Å². The minimum atomic E-state index is -4.75. The zero-order valence-corrected chi connectivity index (χ0v) is 17.5. The Bertz CT molecular complexity index is 971. The van der Waals surface area contributed by atoms with Gasteiger partial charge in [0.2, 0.25) is 15.9 Å². The lowest BCUT2D eigenvalue weighted by atomic mass is 10.1. The lowest BCUT2D eigenvalue weighted by molar-refractivity contribution is -0.137. The number of thiophene rings is 1. The van der Waals surface area contributed by atoms with Gasteiger partial charge in [-0.2, -0.15) is 28.8 Å². The Morgan fingerprint density at radius 2 is 1.83 bits per heavy atom. The molecule has 5 nitrogen and oxygen atoms in total. The van der Waals surface area contributed by atoms with Crippen LogP contribution in [0.3, 0.4) is 0 Å². The second kappa shape index (κ2) is 8.63. The van der Waals surface area contributed by atoms with Crippen LogP contribution in [0.1, 0.15) is 17.5 Å². The van der Waals surface area contributed by atoms with Crippen LogP contribution in [0.5, 0.6) is 0 Å². The topological polar surface area (TPSA) is 57.7 Å². The molecule has 0 atom stereocenters. The van der Waals surface area contributed by atoms with Gasteiger partial charge in [-0.15, -0.1) is 0 Å². The smallest absolute Gasteiger partial charge is 0.340 e. The maximum atomic E-state index is 13.0. The number of piperazine rings is 1. The van der Waals surface area contributed by atoms with Crippen LogP contribution in [0.4, 0.5) is 13.2 Å². The molecule has 1 saturated heterocycles. The summed E-state index contributed by atoms with van der Waals surface area (Å²) in [6.45, 7) is 0.440. The second-order valence-electron chi connectivity index (χ2n) is 6.56. The minimum absolute atomic E-state index is 0.0243. The molecule has 0 saturated carbocycles.